The van der Waals surface area contributed by atoms with Crippen LogP contribution in [0.2, 0.25) is 0 Å². The average molecular weight is 672 g/mol. The zero-order chi connectivity index (χ0) is 34.0. The normalized spacial score (nSPS) is 16.9. The van der Waals surface area contributed by atoms with Crippen molar-refractivity contribution in [2.75, 3.05) is 4.90 Å². The maximum absolute atomic E-state index is 2.55. The van der Waals surface area contributed by atoms with Crippen LogP contribution >= 0.6 is 11.8 Å². The first-order valence-electron chi connectivity index (χ1n) is 17.7. The molecule has 0 heterocycles. The van der Waals surface area contributed by atoms with E-state index < -0.39 is 0 Å². The lowest BCUT2D eigenvalue weighted by molar-refractivity contribution is 0.453. The van der Waals surface area contributed by atoms with Gasteiger partial charge in [0.15, 0.2) is 0 Å². The highest BCUT2D eigenvalue weighted by Crippen LogP contribution is 2.60. The lowest BCUT2D eigenvalue weighted by Crippen LogP contribution is -2.36. The van der Waals surface area contributed by atoms with Gasteiger partial charge in [-0.1, -0.05) is 170 Å². The van der Waals surface area contributed by atoms with E-state index in [1.54, 1.807) is 11.8 Å². The summed E-state index contributed by atoms with van der Waals surface area (Å²) in [4.78, 5) is 4.90. The molecule has 1 nitrogen and oxygen atoms in total. The SMILES string of the molecule is C1=CC2c3ccccc3C(c3ccccc3)(c3ccccc3)C2C=C1N(c1ccccc1)c1ccc(-c2ccc(Sc3ccccc3)cc2)cc1. The molecule has 2 atom stereocenters. The number of para-hydroxylation sites is 1. The lowest BCUT2D eigenvalue weighted by atomic mass is 9.63. The Balaban J connectivity index is 1.12. The monoisotopic (exact) mass is 671 g/mol. The van der Waals surface area contributed by atoms with Crippen molar-refractivity contribution in [1.29, 1.82) is 0 Å². The van der Waals surface area contributed by atoms with Gasteiger partial charge >= 0.3 is 0 Å². The van der Waals surface area contributed by atoms with Crippen molar-refractivity contribution in [3.8, 4) is 11.1 Å². The third-order valence-electron chi connectivity index (χ3n) is 10.5. The van der Waals surface area contributed by atoms with Crippen LogP contribution in [0, 0.1) is 5.92 Å². The molecule has 0 aromatic heterocycles. The first kappa shape index (κ1) is 31.2. The van der Waals surface area contributed by atoms with Crippen LogP contribution in [0.15, 0.2) is 228 Å². The van der Waals surface area contributed by atoms with E-state index in [-0.39, 0.29) is 17.3 Å². The van der Waals surface area contributed by atoms with Crippen LogP contribution in [0.1, 0.15) is 28.2 Å². The molecule has 0 bridgehead atoms. The second kappa shape index (κ2) is 13.5. The fourth-order valence-electron chi connectivity index (χ4n) is 8.26. The fraction of sp³-hybridized carbons (Fsp3) is 0.0612. The number of hydrogen-bond donors (Lipinski definition) is 0. The van der Waals surface area contributed by atoms with Gasteiger partial charge in [0.2, 0.25) is 0 Å². The summed E-state index contributed by atoms with van der Waals surface area (Å²) >= 11 is 1.79. The van der Waals surface area contributed by atoms with Gasteiger partial charge in [0, 0.05) is 38.7 Å². The summed E-state index contributed by atoms with van der Waals surface area (Å²) in [6, 6.07) is 70.6. The molecule has 0 saturated carbocycles. The molecule has 51 heavy (non-hydrogen) atoms. The molecule has 2 aliphatic carbocycles. The van der Waals surface area contributed by atoms with Crippen molar-refractivity contribution in [2.24, 2.45) is 5.92 Å². The molecule has 0 radical (unpaired) electrons. The minimum atomic E-state index is -0.336. The zero-order valence-corrected chi connectivity index (χ0v) is 29.0. The molecule has 0 N–H and O–H groups in total. The highest BCUT2D eigenvalue weighted by atomic mass is 32.2. The van der Waals surface area contributed by atoms with Crippen molar-refractivity contribution < 1.29 is 0 Å². The summed E-state index contributed by atoms with van der Waals surface area (Å²) in [6.45, 7) is 0. The van der Waals surface area contributed by atoms with E-state index >= 15 is 0 Å². The third-order valence-corrected chi connectivity index (χ3v) is 11.5. The van der Waals surface area contributed by atoms with Crippen LogP contribution < -0.4 is 4.90 Å². The van der Waals surface area contributed by atoms with E-state index in [2.05, 4.69) is 217 Å². The summed E-state index contributed by atoms with van der Waals surface area (Å²) in [6.07, 6.45) is 7.34. The molecule has 2 aliphatic rings. The van der Waals surface area contributed by atoms with Crippen LogP contribution in [0.25, 0.3) is 11.1 Å². The molecule has 7 aromatic rings. The van der Waals surface area contributed by atoms with Gasteiger partial charge in [0.1, 0.15) is 0 Å². The van der Waals surface area contributed by atoms with Gasteiger partial charge < -0.3 is 4.90 Å². The number of hydrogen-bond acceptors (Lipinski definition) is 2. The molecule has 7 aromatic carbocycles. The summed E-state index contributed by atoms with van der Waals surface area (Å²) in [5.41, 5.74) is 11.0. The summed E-state index contributed by atoms with van der Waals surface area (Å²) in [5.74, 6) is 0.436. The summed E-state index contributed by atoms with van der Waals surface area (Å²) < 4.78 is 0. The van der Waals surface area contributed by atoms with Crippen molar-refractivity contribution in [1.82, 2.24) is 0 Å². The van der Waals surface area contributed by atoms with Gasteiger partial charge in [0.25, 0.3) is 0 Å². The topological polar surface area (TPSA) is 3.24 Å². The van der Waals surface area contributed by atoms with Crippen LogP contribution in [-0.2, 0) is 5.41 Å². The van der Waals surface area contributed by atoms with Crippen molar-refractivity contribution in [3.05, 3.63) is 240 Å². The smallest absolute Gasteiger partial charge is 0.0526 e. The van der Waals surface area contributed by atoms with E-state index in [0.29, 0.717) is 0 Å². The predicted molar refractivity (Wildman–Crippen MR) is 214 cm³/mol. The van der Waals surface area contributed by atoms with Crippen LogP contribution in [0.3, 0.4) is 0 Å². The van der Waals surface area contributed by atoms with Gasteiger partial charge in [-0.15, -0.1) is 0 Å². The number of fused-ring (bicyclic) bond motifs is 3. The van der Waals surface area contributed by atoms with Gasteiger partial charge in [-0.25, -0.2) is 0 Å². The number of rotatable bonds is 8. The van der Waals surface area contributed by atoms with E-state index in [1.165, 1.54) is 48.9 Å². The molecule has 2 heteroatoms. The second-order valence-electron chi connectivity index (χ2n) is 13.3. The van der Waals surface area contributed by atoms with Gasteiger partial charge in [-0.2, -0.15) is 0 Å². The maximum Gasteiger partial charge on any atom is 0.0526 e. The fourth-order valence-corrected chi connectivity index (χ4v) is 9.10. The van der Waals surface area contributed by atoms with E-state index in [0.717, 1.165) is 11.4 Å². The van der Waals surface area contributed by atoms with E-state index in [4.69, 9.17) is 0 Å². The van der Waals surface area contributed by atoms with Crippen LogP contribution in [-0.4, -0.2) is 0 Å². The molecule has 0 saturated heterocycles. The minimum absolute atomic E-state index is 0.178. The Morgan fingerprint density at radius 3 is 1.57 bits per heavy atom. The van der Waals surface area contributed by atoms with E-state index in [1.807, 2.05) is 0 Å². The summed E-state index contributed by atoms with van der Waals surface area (Å²) in [5, 5.41) is 0. The predicted octanol–water partition coefficient (Wildman–Crippen LogP) is 12.8. The van der Waals surface area contributed by atoms with Crippen molar-refractivity contribution >= 4 is 23.1 Å². The highest BCUT2D eigenvalue weighted by molar-refractivity contribution is 7.99. The Morgan fingerprint density at radius 1 is 0.451 bits per heavy atom. The lowest BCUT2D eigenvalue weighted by Gasteiger charge is -2.40. The first-order valence-corrected chi connectivity index (χ1v) is 18.5. The van der Waals surface area contributed by atoms with E-state index in [9.17, 15) is 0 Å². The Labute approximate surface area is 305 Å². The molecule has 0 fully saturated rings. The van der Waals surface area contributed by atoms with Gasteiger partial charge in [-0.05, 0) is 88.0 Å². The molecule has 9 rings (SSSR count). The number of allylic oxidation sites excluding steroid dienone is 3. The van der Waals surface area contributed by atoms with Crippen molar-refractivity contribution in [3.63, 3.8) is 0 Å². The molecular formula is C49H37NS. The number of anilines is 2. The Kier molecular flexibility index (Phi) is 8.23. The zero-order valence-electron chi connectivity index (χ0n) is 28.2. The third kappa shape index (κ3) is 5.62. The molecule has 0 aliphatic heterocycles. The maximum atomic E-state index is 2.55. The van der Waals surface area contributed by atoms with Gasteiger partial charge in [-0.3, -0.25) is 0 Å². The minimum Gasteiger partial charge on any atom is -0.311 e. The van der Waals surface area contributed by atoms with Crippen molar-refractivity contribution in [2.45, 2.75) is 21.1 Å². The average Bonchev–Trinajstić information content (AvgIpc) is 3.50. The highest BCUT2D eigenvalue weighted by Gasteiger charge is 2.53. The molecule has 244 valence electrons. The number of benzene rings is 7. The van der Waals surface area contributed by atoms with Gasteiger partial charge in [0.05, 0.1) is 5.41 Å². The Morgan fingerprint density at radius 2 is 0.941 bits per heavy atom. The Bertz CT molecular complexity index is 2270. The molecule has 2 unspecified atom stereocenters. The second-order valence-corrected chi connectivity index (χ2v) is 14.4. The Hall–Kier alpha value is -5.83. The molecule has 0 amide bonds. The number of nitrogens with zero attached hydrogens (tertiary/aromatic N) is 1. The van der Waals surface area contributed by atoms with Crippen LogP contribution in [0.5, 0.6) is 0 Å². The summed E-state index contributed by atoms with van der Waals surface area (Å²) in [7, 11) is 0. The standard InChI is InChI=1S/C49H37NS/c1-5-15-38(16-6-1)49(39-17-7-2-8-18-39)47-24-14-13-23-45(47)46-34-31-42(35-48(46)49)50(40-19-9-3-10-20-40)41-29-25-36(26-30-41)37-27-32-44(33-28-37)51-43-21-11-4-12-22-43/h1-35,46,48H. The molecular weight excluding hydrogens is 635 g/mol. The molecule has 0 spiro atoms. The first-order chi connectivity index (χ1) is 25.3. The largest absolute Gasteiger partial charge is 0.311 e. The quantitative estimate of drug-likeness (QED) is 0.158. The van der Waals surface area contributed by atoms with Crippen LogP contribution in [0.4, 0.5) is 11.4 Å².